The Kier molecular flexibility index (Phi) is 8.11. The molecule has 58 heavy (non-hydrogen) atoms. The van der Waals surface area contributed by atoms with Crippen molar-refractivity contribution in [3.63, 3.8) is 0 Å². The highest BCUT2D eigenvalue weighted by Gasteiger charge is 2.41. The molecule has 0 N–H and O–H groups in total. The number of nitriles is 1. The number of carbonyl (C=O) groups is 4. The standard InChI is InChI=1S/C50H40N4O4/c1-23(2)28-12-10-13-29(24(3)4)45(28)53-47(55)34-19-17-33-42-38(52-9)21-37-41-35(48(56)54(50(37)58)46-30(25(5)6)14-11-15-31(46)26(7)8)18-16-32(44(41)42)39-27(22-51)20-36(49(53)57)40(34)43(33)39/h10-21,23-26H,1-8H3. The molecule has 0 aromatic heterocycles. The van der Waals surface area contributed by atoms with E-state index in [-0.39, 0.29) is 46.0 Å². The van der Waals surface area contributed by atoms with Gasteiger partial charge in [-0.05, 0) is 97.1 Å². The van der Waals surface area contributed by atoms with Crippen molar-refractivity contribution in [1.82, 2.24) is 0 Å². The van der Waals surface area contributed by atoms with Crippen molar-refractivity contribution >= 4 is 83.8 Å². The van der Waals surface area contributed by atoms with E-state index in [1.165, 1.54) is 9.80 Å². The van der Waals surface area contributed by atoms with Gasteiger partial charge in [-0.2, -0.15) is 5.26 Å². The van der Waals surface area contributed by atoms with Crippen LogP contribution in [0.15, 0.2) is 72.8 Å². The minimum Gasteiger partial charge on any atom is -0.268 e. The van der Waals surface area contributed by atoms with Crippen LogP contribution in [0.1, 0.15) is 148 Å². The average molecular weight is 761 g/mol. The molecule has 0 unspecified atom stereocenters. The quantitative estimate of drug-likeness (QED) is 0.0726. The van der Waals surface area contributed by atoms with Crippen LogP contribution < -0.4 is 9.80 Å². The number of para-hydroxylation sites is 2. The maximum atomic E-state index is 14.9. The van der Waals surface area contributed by atoms with E-state index in [1.807, 2.05) is 91.8 Å². The fourth-order valence-electron chi connectivity index (χ4n) is 9.57. The molecule has 0 fully saturated rings. The van der Waals surface area contributed by atoms with Gasteiger partial charge in [0.1, 0.15) is 0 Å². The van der Waals surface area contributed by atoms with Crippen LogP contribution in [0.2, 0.25) is 0 Å². The van der Waals surface area contributed by atoms with Gasteiger partial charge in [0.25, 0.3) is 23.6 Å². The maximum absolute atomic E-state index is 14.9. The summed E-state index contributed by atoms with van der Waals surface area (Å²) in [4.78, 5) is 65.9. The van der Waals surface area contributed by atoms with Crippen LogP contribution in [-0.4, -0.2) is 23.6 Å². The molecule has 284 valence electrons. The van der Waals surface area contributed by atoms with Gasteiger partial charge >= 0.3 is 0 Å². The van der Waals surface area contributed by atoms with Crippen LogP contribution in [-0.2, 0) is 0 Å². The molecule has 8 nitrogen and oxygen atoms in total. The number of hydrogen-bond acceptors (Lipinski definition) is 5. The summed E-state index contributed by atoms with van der Waals surface area (Å²) in [5.41, 5.74) is 6.11. The fraction of sp³-hybridized carbons (Fsp3) is 0.240. The van der Waals surface area contributed by atoms with Gasteiger partial charge in [0, 0.05) is 32.8 Å². The number of rotatable bonds is 6. The first-order valence-electron chi connectivity index (χ1n) is 19.8. The summed E-state index contributed by atoms with van der Waals surface area (Å²) in [6, 6.07) is 24.2. The molecule has 0 atom stereocenters. The molecule has 8 heteroatoms. The third-order valence-corrected chi connectivity index (χ3v) is 12.2. The topological polar surface area (TPSA) is 103 Å². The van der Waals surface area contributed by atoms with Crippen LogP contribution in [0, 0.1) is 17.9 Å². The average Bonchev–Trinajstić information content (AvgIpc) is 3.20. The molecule has 0 bridgehead atoms. The molecular formula is C50H40N4O4. The molecule has 0 spiro atoms. The summed E-state index contributed by atoms with van der Waals surface area (Å²) in [5.74, 6) is -1.91. The monoisotopic (exact) mass is 760 g/mol. The first-order valence-corrected chi connectivity index (χ1v) is 19.8. The lowest BCUT2D eigenvalue weighted by molar-refractivity contribution is 0.0877. The van der Waals surface area contributed by atoms with E-state index in [0.717, 1.165) is 22.3 Å². The molecule has 0 saturated heterocycles. The Morgan fingerprint density at radius 2 is 0.879 bits per heavy atom. The van der Waals surface area contributed by atoms with E-state index in [0.29, 0.717) is 65.6 Å². The largest absolute Gasteiger partial charge is 0.268 e. The predicted octanol–water partition coefficient (Wildman–Crippen LogP) is 12.3. The zero-order chi connectivity index (χ0) is 41.2. The van der Waals surface area contributed by atoms with E-state index in [4.69, 9.17) is 6.57 Å². The van der Waals surface area contributed by atoms with E-state index in [1.54, 1.807) is 36.4 Å². The van der Waals surface area contributed by atoms with Crippen molar-refractivity contribution < 1.29 is 19.2 Å². The van der Waals surface area contributed by atoms with Crippen LogP contribution in [0.4, 0.5) is 17.1 Å². The number of fused-ring (bicyclic) bond motifs is 2. The summed E-state index contributed by atoms with van der Waals surface area (Å²) in [5, 5.41) is 14.8. The third kappa shape index (κ3) is 4.72. The Bertz CT molecular complexity index is 2870. The van der Waals surface area contributed by atoms with Gasteiger partial charge in [-0.15, -0.1) is 0 Å². The Hall–Kier alpha value is -6.90. The second-order valence-electron chi connectivity index (χ2n) is 16.8. The lowest BCUT2D eigenvalue weighted by Gasteiger charge is -2.34. The normalized spacial score (nSPS) is 14.2. The third-order valence-electron chi connectivity index (χ3n) is 12.2. The minimum absolute atomic E-state index is 0.0134. The number of nitrogens with zero attached hydrogens (tertiary/aromatic N) is 4. The Morgan fingerprint density at radius 3 is 1.28 bits per heavy atom. The Labute approximate surface area is 336 Å². The molecule has 4 amide bonds. The van der Waals surface area contributed by atoms with Crippen molar-refractivity contribution in [2.45, 2.75) is 79.1 Å². The maximum Gasteiger partial charge on any atom is 0.266 e. The van der Waals surface area contributed by atoms with Crippen molar-refractivity contribution in [1.29, 1.82) is 5.26 Å². The Morgan fingerprint density at radius 1 is 0.500 bits per heavy atom. The summed E-state index contributed by atoms with van der Waals surface area (Å²) in [6.07, 6.45) is 0. The zero-order valence-corrected chi connectivity index (χ0v) is 33.7. The van der Waals surface area contributed by atoms with Gasteiger partial charge in [-0.25, -0.2) is 14.6 Å². The van der Waals surface area contributed by atoms with Crippen molar-refractivity contribution in [3.05, 3.63) is 134 Å². The molecule has 0 radical (unpaired) electrons. The first kappa shape index (κ1) is 36.7. The molecule has 2 aliphatic rings. The summed E-state index contributed by atoms with van der Waals surface area (Å²) < 4.78 is 0. The van der Waals surface area contributed by atoms with Crippen LogP contribution in [0.25, 0.3) is 47.9 Å². The molecule has 0 saturated carbocycles. The van der Waals surface area contributed by atoms with Crippen molar-refractivity contribution in [2.75, 3.05) is 9.80 Å². The lowest BCUT2D eigenvalue weighted by atomic mass is 9.79. The number of benzene rings is 7. The molecule has 2 heterocycles. The second-order valence-corrected chi connectivity index (χ2v) is 16.8. The molecule has 0 aliphatic carbocycles. The Balaban J connectivity index is 1.37. The number of anilines is 2. The summed E-state index contributed by atoms with van der Waals surface area (Å²) >= 11 is 0. The van der Waals surface area contributed by atoms with Gasteiger partial charge in [-0.3, -0.25) is 19.2 Å². The molecule has 7 aromatic carbocycles. The predicted molar refractivity (Wildman–Crippen MR) is 230 cm³/mol. The van der Waals surface area contributed by atoms with Gasteiger partial charge in [-0.1, -0.05) is 104 Å². The van der Waals surface area contributed by atoms with Crippen LogP contribution >= 0.6 is 0 Å². The fourth-order valence-corrected chi connectivity index (χ4v) is 9.57. The van der Waals surface area contributed by atoms with Gasteiger partial charge in [0.2, 0.25) is 0 Å². The van der Waals surface area contributed by atoms with Gasteiger partial charge in [0.05, 0.1) is 35.1 Å². The van der Waals surface area contributed by atoms with Crippen molar-refractivity contribution in [2.24, 2.45) is 0 Å². The zero-order valence-electron chi connectivity index (χ0n) is 33.7. The van der Waals surface area contributed by atoms with Gasteiger partial charge < -0.3 is 0 Å². The highest BCUT2D eigenvalue weighted by molar-refractivity contribution is 6.47. The smallest absolute Gasteiger partial charge is 0.266 e. The second kappa shape index (κ2) is 12.8. The van der Waals surface area contributed by atoms with Crippen molar-refractivity contribution in [3.8, 4) is 6.07 Å². The molecule has 9 rings (SSSR count). The number of carbonyl (C=O) groups excluding carboxylic acids is 4. The van der Waals surface area contributed by atoms with E-state index in [9.17, 15) is 24.4 Å². The van der Waals surface area contributed by atoms with E-state index in [2.05, 4.69) is 10.9 Å². The van der Waals surface area contributed by atoms with Crippen LogP contribution in [0.3, 0.4) is 0 Å². The molecule has 2 aliphatic heterocycles. The molecule has 7 aromatic rings. The minimum atomic E-state index is -0.520. The highest BCUT2D eigenvalue weighted by atomic mass is 16.2. The van der Waals surface area contributed by atoms with E-state index >= 15 is 0 Å². The lowest BCUT2D eigenvalue weighted by Crippen LogP contribution is -2.42. The highest BCUT2D eigenvalue weighted by Crippen LogP contribution is 2.52. The van der Waals surface area contributed by atoms with Crippen LogP contribution in [0.5, 0.6) is 0 Å². The summed E-state index contributed by atoms with van der Waals surface area (Å²) in [7, 11) is 0. The van der Waals surface area contributed by atoms with E-state index < -0.39 is 23.6 Å². The number of hydrogen-bond donors (Lipinski definition) is 0. The SMILES string of the molecule is [C-]#[N+]c1cc2c3c(ccc4c5c(C#N)cc6c7c(ccc(c1c34)c75)C(=O)N(c1c(C(C)C)cccc1C(C)C)C6=O)C(=O)N(c1c(C(C)C)cccc1C(C)C)C2=O. The number of imide groups is 2. The molecular weight excluding hydrogens is 721 g/mol. The van der Waals surface area contributed by atoms with Gasteiger partial charge in [0.15, 0.2) is 5.69 Å². The summed E-state index contributed by atoms with van der Waals surface area (Å²) in [6.45, 7) is 24.7. The number of amides is 4. The first-order chi connectivity index (χ1) is 27.7.